The van der Waals surface area contributed by atoms with E-state index >= 15 is 0 Å². The molecule has 0 aliphatic rings. The van der Waals surface area contributed by atoms with Crippen LogP contribution < -0.4 is 5.56 Å². The van der Waals surface area contributed by atoms with Crippen LogP contribution in [0.4, 0.5) is 4.39 Å². The Balaban J connectivity index is 1.95. The summed E-state index contributed by atoms with van der Waals surface area (Å²) in [5, 5.41) is 14.0. The van der Waals surface area contributed by atoms with Crippen molar-refractivity contribution in [1.29, 1.82) is 0 Å². The van der Waals surface area contributed by atoms with Crippen LogP contribution >= 0.6 is 0 Å². The van der Waals surface area contributed by atoms with Gasteiger partial charge in [0, 0.05) is 18.0 Å². The molecule has 1 N–H and O–H groups in total. The summed E-state index contributed by atoms with van der Waals surface area (Å²) in [5.41, 5.74) is 0.307. The number of aromatic nitrogens is 3. The maximum Gasteiger partial charge on any atom is 0.276 e. The summed E-state index contributed by atoms with van der Waals surface area (Å²) < 4.78 is 16.4. The van der Waals surface area contributed by atoms with Gasteiger partial charge in [-0.1, -0.05) is 18.2 Å². The Hall–Kier alpha value is -2.47. The number of hydrogen-bond donors (Lipinski definition) is 1. The highest BCUT2D eigenvalue weighted by Gasteiger charge is 2.14. The van der Waals surface area contributed by atoms with Gasteiger partial charge in [-0.3, -0.25) is 4.79 Å². The zero-order valence-electron chi connectivity index (χ0n) is 10.5. The fraction of sp³-hybridized carbons (Fsp3) is 0.143. The summed E-state index contributed by atoms with van der Waals surface area (Å²) in [4.78, 5) is 12.1. The highest BCUT2D eigenvalue weighted by molar-refractivity contribution is 5.42. The first-order chi connectivity index (χ1) is 9.66. The monoisotopic (exact) mass is 273 g/mol. The average molecular weight is 273 g/mol. The van der Waals surface area contributed by atoms with Crippen LogP contribution in [0.15, 0.2) is 53.7 Å². The molecule has 0 bridgehead atoms. The number of halogens is 1. The van der Waals surface area contributed by atoms with E-state index in [1.54, 1.807) is 24.4 Å². The normalized spacial score (nSPS) is 12.7. The predicted molar refractivity (Wildman–Crippen MR) is 70.8 cm³/mol. The minimum absolute atomic E-state index is 0.0125. The number of rotatable bonds is 3. The Morgan fingerprint density at radius 3 is 2.85 bits per heavy atom. The molecule has 0 aliphatic heterocycles. The summed E-state index contributed by atoms with van der Waals surface area (Å²) in [7, 11) is 0. The molecular formula is C14H12FN3O2. The third kappa shape index (κ3) is 2.10. The summed E-state index contributed by atoms with van der Waals surface area (Å²) in [6.45, 7) is -0.0125. The lowest BCUT2D eigenvalue weighted by atomic mass is 10.1. The van der Waals surface area contributed by atoms with E-state index in [1.807, 2.05) is 0 Å². The van der Waals surface area contributed by atoms with Crippen LogP contribution in [0.5, 0.6) is 0 Å². The molecule has 0 amide bonds. The van der Waals surface area contributed by atoms with Crippen molar-refractivity contribution in [2.45, 2.75) is 12.6 Å². The molecule has 5 nitrogen and oxygen atoms in total. The molecule has 0 spiro atoms. The van der Waals surface area contributed by atoms with Crippen LogP contribution in [-0.4, -0.2) is 19.3 Å². The molecule has 3 aromatic rings. The van der Waals surface area contributed by atoms with E-state index in [0.717, 1.165) is 0 Å². The number of hydrogen-bond acceptors (Lipinski definition) is 3. The highest BCUT2D eigenvalue weighted by atomic mass is 19.1. The second-order valence-corrected chi connectivity index (χ2v) is 4.45. The van der Waals surface area contributed by atoms with Crippen molar-refractivity contribution in [3.05, 3.63) is 70.7 Å². The molecule has 1 atom stereocenters. The van der Waals surface area contributed by atoms with Gasteiger partial charge >= 0.3 is 0 Å². The molecular weight excluding hydrogens is 261 g/mol. The summed E-state index contributed by atoms with van der Waals surface area (Å²) in [6.07, 6.45) is 3.57. The number of benzene rings is 1. The van der Waals surface area contributed by atoms with E-state index in [2.05, 4.69) is 5.10 Å². The minimum atomic E-state index is -1.08. The molecule has 102 valence electrons. The fourth-order valence-corrected chi connectivity index (χ4v) is 2.13. The van der Waals surface area contributed by atoms with Crippen LogP contribution in [-0.2, 0) is 6.54 Å². The van der Waals surface area contributed by atoms with E-state index in [9.17, 15) is 14.3 Å². The van der Waals surface area contributed by atoms with Crippen LogP contribution in [0.1, 0.15) is 11.7 Å². The topological polar surface area (TPSA) is 59.5 Å². The number of fused-ring (bicyclic) bond motifs is 1. The first-order valence-electron chi connectivity index (χ1n) is 6.12. The molecule has 0 fully saturated rings. The smallest absolute Gasteiger partial charge is 0.276 e. The summed E-state index contributed by atoms with van der Waals surface area (Å²) >= 11 is 0. The molecule has 2 aromatic heterocycles. The second kappa shape index (κ2) is 4.90. The van der Waals surface area contributed by atoms with E-state index in [1.165, 1.54) is 33.6 Å². The first-order valence-corrected chi connectivity index (χ1v) is 6.12. The predicted octanol–water partition coefficient (Wildman–Crippen LogP) is 1.37. The van der Waals surface area contributed by atoms with Crippen LogP contribution in [0.25, 0.3) is 5.52 Å². The average Bonchev–Trinajstić information content (AvgIpc) is 2.91. The van der Waals surface area contributed by atoms with Crippen molar-refractivity contribution >= 4 is 5.52 Å². The molecule has 6 heteroatoms. The van der Waals surface area contributed by atoms with E-state index in [-0.39, 0.29) is 17.7 Å². The Bertz CT molecular complexity index is 809. The molecule has 1 unspecified atom stereocenters. The SMILES string of the molecule is O=c1c2ccnn2ccn1CC(O)c1ccccc1F. The van der Waals surface area contributed by atoms with Gasteiger partial charge in [0.2, 0.25) is 0 Å². The molecule has 0 aliphatic carbocycles. The van der Waals surface area contributed by atoms with Gasteiger partial charge in [-0.05, 0) is 12.1 Å². The third-order valence-electron chi connectivity index (χ3n) is 3.17. The maximum absolute atomic E-state index is 13.6. The molecule has 0 saturated heterocycles. The molecule has 0 radical (unpaired) electrons. The minimum Gasteiger partial charge on any atom is -0.386 e. The van der Waals surface area contributed by atoms with Gasteiger partial charge < -0.3 is 9.67 Å². The largest absolute Gasteiger partial charge is 0.386 e. The maximum atomic E-state index is 13.6. The van der Waals surface area contributed by atoms with Crippen molar-refractivity contribution in [3.8, 4) is 0 Å². The van der Waals surface area contributed by atoms with Gasteiger partial charge in [-0.15, -0.1) is 0 Å². The lowest BCUT2D eigenvalue weighted by Crippen LogP contribution is -2.24. The van der Waals surface area contributed by atoms with E-state index < -0.39 is 11.9 Å². The van der Waals surface area contributed by atoms with Gasteiger partial charge in [0.05, 0.1) is 18.8 Å². The quantitative estimate of drug-likeness (QED) is 0.784. The Kier molecular flexibility index (Phi) is 3.08. The molecule has 20 heavy (non-hydrogen) atoms. The molecule has 2 heterocycles. The van der Waals surface area contributed by atoms with Crippen LogP contribution in [0, 0.1) is 5.82 Å². The number of aliphatic hydroxyl groups excluding tert-OH is 1. The van der Waals surface area contributed by atoms with Crippen molar-refractivity contribution in [1.82, 2.24) is 14.2 Å². The second-order valence-electron chi connectivity index (χ2n) is 4.45. The zero-order chi connectivity index (χ0) is 14.1. The van der Waals surface area contributed by atoms with Crippen molar-refractivity contribution < 1.29 is 9.50 Å². The van der Waals surface area contributed by atoms with Crippen LogP contribution in [0.3, 0.4) is 0 Å². The van der Waals surface area contributed by atoms with E-state index in [0.29, 0.717) is 5.52 Å². The third-order valence-corrected chi connectivity index (χ3v) is 3.17. The highest BCUT2D eigenvalue weighted by Crippen LogP contribution is 2.17. The molecule has 0 saturated carbocycles. The first kappa shape index (κ1) is 12.6. The van der Waals surface area contributed by atoms with Gasteiger partial charge in [0.1, 0.15) is 11.3 Å². The van der Waals surface area contributed by atoms with Crippen molar-refractivity contribution in [3.63, 3.8) is 0 Å². The molecule has 3 rings (SSSR count). The standard InChI is InChI=1S/C14H12FN3O2/c15-11-4-2-1-3-10(11)13(19)9-17-7-8-18-12(14(17)20)5-6-16-18/h1-8,13,19H,9H2. The lowest BCUT2D eigenvalue weighted by molar-refractivity contribution is 0.150. The van der Waals surface area contributed by atoms with Gasteiger partial charge in [0.25, 0.3) is 5.56 Å². The van der Waals surface area contributed by atoms with Crippen molar-refractivity contribution in [2.75, 3.05) is 0 Å². The van der Waals surface area contributed by atoms with Crippen LogP contribution in [0.2, 0.25) is 0 Å². The van der Waals surface area contributed by atoms with Gasteiger partial charge in [-0.25, -0.2) is 8.91 Å². The fourth-order valence-electron chi connectivity index (χ4n) is 2.13. The number of nitrogens with zero attached hydrogens (tertiary/aromatic N) is 3. The van der Waals surface area contributed by atoms with E-state index in [4.69, 9.17) is 0 Å². The number of aliphatic hydroxyl groups is 1. The Morgan fingerprint density at radius 2 is 2.05 bits per heavy atom. The van der Waals surface area contributed by atoms with Crippen molar-refractivity contribution in [2.24, 2.45) is 0 Å². The van der Waals surface area contributed by atoms with Gasteiger partial charge in [-0.2, -0.15) is 5.10 Å². The summed E-state index contributed by atoms with van der Waals surface area (Å²) in [5.74, 6) is -0.488. The van der Waals surface area contributed by atoms with Gasteiger partial charge in [0.15, 0.2) is 0 Å². The Morgan fingerprint density at radius 1 is 1.25 bits per heavy atom. The Labute approximate surface area is 113 Å². The molecule has 1 aromatic carbocycles. The zero-order valence-corrected chi connectivity index (χ0v) is 10.5. The lowest BCUT2D eigenvalue weighted by Gasteiger charge is -2.13. The summed E-state index contributed by atoms with van der Waals surface area (Å²) in [6, 6.07) is 7.57.